The first-order valence-electron chi connectivity index (χ1n) is 8.47. The van der Waals surface area contributed by atoms with Gasteiger partial charge in [-0.15, -0.1) is 0 Å². The molecular formula is C19H28N2O. The highest BCUT2D eigenvalue weighted by molar-refractivity contribution is 5.75. The molecule has 1 aliphatic heterocycles. The fourth-order valence-electron chi connectivity index (χ4n) is 3.14. The smallest absolute Gasteiger partial charge is 0.222 e. The van der Waals surface area contributed by atoms with Crippen LogP contribution in [0, 0.1) is 5.92 Å². The van der Waals surface area contributed by atoms with Gasteiger partial charge in [-0.2, -0.15) is 0 Å². The molecule has 1 aromatic rings. The average Bonchev–Trinajstić information content (AvgIpc) is 2.59. The molecule has 1 aliphatic rings. The van der Waals surface area contributed by atoms with Crippen LogP contribution in [-0.4, -0.2) is 36.5 Å². The van der Waals surface area contributed by atoms with Crippen molar-refractivity contribution >= 4 is 12.0 Å². The Morgan fingerprint density at radius 2 is 2.09 bits per heavy atom. The SMILES string of the molecule is CCC(=O)N1CCC(NCC=Cc2ccccc2)C(CC)C1. The van der Waals surface area contributed by atoms with Crippen LogP contribution in [0.15, 0.2) is 36.4 Å². The number of nitrogens with zero attached hydrogens (tertiary/aromatic N) is 1. The van der Waals surface area contributed by atoms with Crippen molar-refractivity contribution in [3.8, 4) is 0 Å². The number of carbonyl (C=O) groups excluding carboxylic acids is 1. The first kappa shape index (κ1) is 16.8. The molecule has 3 heteroatoms. The summed E-state index contributed by atoms with van der Waals surface area (Å²) in [6, 6.07) is 10.9. The second-order valence-corrected chi connectivity index (χ2v) is 5.98. The third-order valence-electron chi connectivity index (χ3n) is 4.52. The molecule has 22 heavy (non-hydrogen) atoms. The van der Waals surface area contributed by atoms with Crippen LogP contribution in [0.3, 0.4) is 0 Å². The summed E-state index contributed by atoms with van der Waals surface area (Å²) in [5.41, 5.74) is 1.24. The molecule has 1 N–H and O–H groups in total. The number of nitrogens with one attached hydrogen (secondary N) is 1. The maximum atomic E-state index is 11.8. The summed E-state index contributed by atoms with van der Waals surface area (Å²) in [6.07, 6.45) is 7.14. The van der Waals surface area contributed by atoms with E-state index in [9.17, 15) is 4.79 Å². The van der Waals surface area contributed by atoms with Crippen molar-refractivity contribution in [2.75, 3.05) is 19.6 Å². The number of hydrogen-bond donors (Lipinski definition) is 1. The van der Waals surface area contributed by atoms with Gasteiger partial charge in [-0.25, -0.2) is 0 Å². The third-order valence-corrected chi connectivity index (χ3v) is 4.52. The van der Waals surface area contributed by atoms with Gasteiger partial charge < -0.3 is 10.2 Å². The van der Waals surface area contributed by atoms with Gasteiger partial charge in [-0.3, -0.25) is 4.79 Å². The molecule has 1 fully saturated rings. The molecule has 0 aliphatic carbocycles. The number of amides is 1. The van der Waals surface area contributed by atoms with E-state index < -0.39 is 0 Å². The number of likely N-dealkylation sites (tertiary alicyclic amines) is 1. The number of carbonyl (C=O) groups is 1. The Kier molecular flexibility index (Phi) is 6.66. The lowest BCUT2D eigenvalue weighted by molar-refractivity contribution is -0.133. The maximum Gasteiger partial charge on any atom is 0.222 e. The molecule has 1 heterocycles. The molecule has 0 saturated carbocycles. The largest absolute Gasteiger partial charge is 0.342 e. The summed E-state index contributed by atoms with van der Waals surface area (Å²) in [6.45, 7) is 6.85. The summed E-state index contributed by atoms with van der Waals surface area (Å²) >= 11 is 0. The predicted octanol–water partition coefficient (Wildman–Crippen LogP) is 3.33. The van der Waals surface area contributed by atoms with Crippen LogP contribution in [-0.2, 0) is 4.79 Å². The minimum Gasteiger partial charge on any atom is -0.342 e. The second-order valence-electron chi connectivity index (χ2n) is 5.98. The van der Waals surface area contributed by atoms with Crippen molar-refractivity contribution in [2.45, 2.75) is 39.2 Å². The van der Waals surface area contributed by atoms with E-state index in [1.807, 2.05) is 17.9 Å². The highest BCUT2D eigenvalue weighted by atomic mass is 16.2. The van der Waals surface area contributed by atoms with Crippen LogP contribution in [0.25, 0.3) is 6.08 Å². The van der Waals surface area contributed by atoms with Crippen molar-refractivity contribution in [1.82, 2.24) is 10.2 Å². The Hall–Kier alpha value is -1.61. The van der Waals surface area contributed by atoms with Crippen LogP contribution in [0.5, 0.6) is 0 Å². The van der Waals surface area contributed by atoms with Gasteiger partial charge in [-0.1, -0.05) is 62.8 Å². The molecule has 120 valence electrons. The van der Waals surface area contributed by atoms with Gasteiger partial charge in [0, 0.05) is 32.1 Å². The van der Waals surface area contributed by atoms with E-state index in [2.05, 4.69) is 48.7 Å². The van der Waals surface area contributed by atoms with Gasteiger partial charge in [0.25, 0.3) is 0 Å². The molecule has 1 aromatic carbocycles. The van der Waals surface area contributed by atoms with Gasteiger partial charge in [0.2, 0.25) is 5.91 Å². The van der Waals surface area contributed by atoms with Crippen molar-refractivity contribution in [3.63, 3.8) is 0 Å². The molecule has 0 aromatic heterocycles. The second kappa shape index (κ2) is 8.74. The van der Waals surface area contributed by atoms with E-state index in [1.165, 1.54) is 5.56 Å². The molecule has 0 radical (unpaired) electrons. The zero-order valence-electron chi connectivity index (χ0n) is 13.8. The van der Waals surface area contributed by atoms with Crippen molar-refractivity contribution in [3.05, 3.63) is 42.0 Å². The fourth-order valence-corrected chi connectivity index (χ4v) is 3.14. The van der Waals surface area contributed by atoms with Gasteiger partial charge in [-0.05, 0) is 17.9 Å². The molecule has 3 nitrogen and oxygen atoms in total. The lowest BCUT2D eigenvalue weighted by Crippen LogP contribution is -2.50. The summed E-state index contributed by atoms with van der Waals surface area (Å²) in [7, 11) is 0. The molecule has 2 unspecified atom stereocenters. The summed E-state index contributed by atoms with van der Waals surface area (Å²) in [5.74, 6) is 0.857. The van der Waals surface area contributed by atoms with E-state index in [0.717, 1.165) is 32.5 Å². The van der Waals surface area contributed by atoms with Crippen LogP contribution in [0.2, 0.25) is 0 Å². The number of piperidine rings is 1. The van der Waals surface area contributed by atoms with Gasteiger partial charge in [0.1, 0.15) is 0 Å². The van der Waals surface area contributed by atoms with Crippen molar-refractivity contribution in [1.29, 1.82) is 0 Å². The van der Waals surface area contributed by atoms with Gasteiger partial charge >= 0.3 is 0 Å². The lowest BCUT2D eigenvalue weighted by Gasteiger charge is -2.38. The Bertz CT molecular complexity index is 483. The van der Waals surface area contributed by atoms with Crippen LogP contribution >= 0.6 is 0 Å². The molecule has 0 spiro atoms. The first-order valence-corrected chi connectivity index (χ1v) is 8.47. The van der Waals surface area contributed by atoms with Gasteiger partial charge in [0.05, 0.1) is 0 Å². The molecule has 2 rings (SSSR count). The quantitative estimate of drug-likeness (QED) is 0.874. The Morgan fingerprint density at radius 3 is 2.77 bits per heavy atom. The Labute approximate surface area is 134 Å². The van der Waals surface area contributed by atoms with E-state index in [0.29, 0.717) is 24.3 Å². The first-order chi connectivity index (χ1) is 10.7. The third kappa shape index (κ3) is 4.70. The van der Waals surface area contributed by atoms with Crippen molar-refractivity contribution in [2.24, 2.45) is 5.92 Å². The zero-order chi connectivity index (χ0) is 15.8. The number of benzene rings is 1. The maximum absolute atomic E-state index is 11.8. The normalized spacial score (nSPS) is 22.2. The number of rotatable bonds is 6. The topological polar surface area (TPSA) is 32.3 Å². The Balaban J connectivity index is 1.80. The molecular weight excluding hydrogens is 272 g/mol. The summed E-state index contributed by atoms with van der Waals surface area (Å²) in [5, 5.41) is 3.65. The molecule has 2 atom stereocenters. The van der Waals surface area contributed by atoms with Crippen molar-refractivity contribution < 1.29 is 4.79 Å². The van der Waals surface area contributed by atoms with E-state index in [1.54, 1.807) is 0 Å². The van der Waals surface area contributed by atoms with E-state index >= 15 is 0 Å². The Morgan fingerprint density at radius 1 is 1.32 bits per heavy atom. The zero-order valence-corrected chi connectivity index (χ0v) is 13.8. The van der Waals surface area contributed by atoms with Crippen LogP contribution < -0.4 is 5.32 Å². The molecule has 0 bridgehead atoms. The van der Waals surface area contributed by atoms with E-state index in [-0.39, 0.29) is 0 Å². The standard InChI is InChI=1S/C19H28N2O/c1-3-17-15-21(19(22)4-2)14-12-18(17)20-13-8-11-16-9-6-5-7-10-16/h5-11,17-18,20H,3-4,12-15H2,1-2H3. The summed E-state index contributed by atoms with van der Waals surface area (Å²) < 4.78 is 0. The lowest BCUT2D eigenvalue weighted by atomic mass is 9.89. The molecule has 1 amide bonds. The molecule has 1 saturated heterocycles. The predicted molar refractivity (Wildman–Crippen MR) is 92.5 cm³/mol. The monoisotopic (exact) mass is 300 g/mol. The minimum absolute atomic E-state index is 0.292. The van der Waals surface area contributed by atoms with Crippen LogP contribution in [0.4, 0.5) is 0 Å². The highest BCUT2D eigenvalue weighted by Crippen LogP contribution is 2.20. The van der Waals surface area contributed by atoms with E-state index in [4.69, 9.17) is 0 Å². The average molecular weight is 300 g/mol. The van der Waals surface area contributed by atoms with Crippen LogP contribution in [0.1, 0.15) is 38.7 Å². The van der Waals surface area contributed by atoms with Gasteiger partial charge in [0.15, 0.2) is 0 Å². The summed E-state index contributed by atoms with van der Waals surface area (Å²) in [4.78, 5) is 13.9. The highest BCUT2D eigenvalue weighted by Gasteiger charge is 2.29. The minimum atomic E-state index is 0.292. The number of hydrogen-bond acceptors (Lipinski definition) is 2. The fraction of sp³-hybridized carbons (Fsp3) is 0.526.